The van der Waals surface area contributed by atoms with E-state index < -0.39 is 23.4 Å². The first-order valence-electron chi connectivity index (χ1n) is 8.71. The van der Waals surface area contributed by atoms with Crippen LogP contribution in [0.15, 0.2) is 24.3 Å². The smallest absolute Gasteiger partial charge is 0.319 e. The Morgan fingerprint density at radius 3 is 2.67 bits per heavy atom. The molecule has 1 saturated heterocycles. The van der Waals surface area contributed by atoms with E-state index in [1.807, 2.05) is 19.1 Å². The lowest BCUT2D eigenvalue weighted by atomic mass is 9.91. The number of amides is 4. The van der Waals surface area contributed by atoms with E-state index in [9.17, 15) is 14.4 Å². The highest BCUT2D eigenvalue weighted by molar-refractivity contribution is 7.15. The van der Waals surface area contributed by atoms with E-state index in [0.717, 1.165) is 28.3 Å². The van der Waals surface area contributed by atoms with Crippen LogP contribution in [0.4, 0.5) is 9.93 Å². The zero-order valence-electron chi connectivity index (χ0n) is 15.0. The fourth-order valence-corrected chi connectivity index (χ4v) is 3.93. The van der Waals surface area contributed by atoms with Gasteiger partial charge in [0, 0.05) is 5.92 Å². The van der Waals surface area contributed by atoms with Gasteiger partial charge in [0.2, 0.25) is 11.0 Å². The van der Waals surface area contributed by atoms with Crippen LogP contribution < -0.4 is 10.6 Å². The summed E-state index contributed by atoms with van der Waals surface area (Å²) in [6.07, 6.45) is 2.20. The van der Waals surface area contributed by atoms with E-state index in [0.29, 0.717) is 16.6 Å². The Balaban J connectivity index is 1.45. The topological polar surface area (TPSA) is 104 Å². The first-order valence-corrected chi connectivity index (χ1v) is 9.53. The zero-order valence-corrected chi connectivity index (χ0v) is 15.8. The highest BCUT2D eigenvalue weighted by Crippen LogP contribution is 2.42. The Labute approximate surface area is 160 Å². The highest BCUT2D eigenvalue weighted by Gasteiger charge is 2.49. The third-order valence-corrected chi connectivity index (χ3v) is 5.82. The number of hydrogen-bond acceptors (Lipinski definition) is 6. The molecule has 140 valence electrons. The van der Waals surface area contributed by atoms with Crippen molar-refractivity contribution < 1.29 is 14.4 Å². The van der Waals surface area contributed by atoms with Gasteiger partial charge in [0.15, 0.2) is 0 Å². The molecule has 2 N–H and O–H groups in total. The molecule has 1 aliphatic carbocycles. The molecule has 0 spiro atoms. The van der Waals surface area contributed by atoms with Gasteiger partial charge in [-0.2, -0.15) is 0 Å². The van der Waals surface area contributed by atoms with Crippen LogP contribution in [0, 0.1) is 6.92 Å². The van der Waals surface area contributed by atoms with Crippen molar-refractivity contribution in [3.8, 4) is 0 Å². The molecule has 1 aromatic heterocycles. The van der Waals surface area contributed by atoms with Crippen LogP contribution in [0.2, 0.25) is 0 Å². The van der Waals surface area contributed by atoms with Crippen molar-refractivity contribution in [2.24, 2.45) is 0 Å². The Bertz CT molecular complexity index is 921. The third kappa shape index (κ3) is 3.30. The lowest BCUT2D eigenvalue weighted by molar-refractivity contribution is -0.133. The van der Waals surface area contributed by atoms with E-state index in [-0.39, 0.29) is 6.54 Å². The maximum Gasteiger partial charge on any atom is 0.325 e. The molecule has 0 bridgehead atoms. The predicted molar refractivity (Wildman–Crippen MR) is 99.3 cm³/mol. The maximum absolute atomic E-state index is 12.8. The quantitative estimate of drug-likeness (QED) is 0.767. The zero-order chi connectivity index (χ0) is 19.2. The van der Waals surface area contributed by atoms with Crippen molar-refractivity contribution in [2.75, 3.05) is 11.9 Å². The van der Waals surface area contributed by atoms with Gasteiger partial charge in [-0.1, -0.05) is 41.2 Å². The molecule has 9 heteroatoms. The van der Waals surface area contributed by atoms with Gasteiger partial charge < -0.3 is 5.32 Å². The second-order valence-electron chi connectivity index (χ2n) is 7.08. The summed E-state index contributed by atoms with van der Waals surface area (Å²) in [4.78, 5) is 38.4. The van der Waals surface area contributed by atoms with Crippen LogP contribution in [-0.4, -0.2) is 39.5 Å². The number of nitrogens with one attached hydrogen (secondary N) is 2. The second-order valence-corrected chi connectivity index (χ2v) is 8.09. The summed E-state index contributed by atoms with van der Waals surface area (Å²) in [6.45, 7) is 3.22. The summed E-state index contributed by atoms with van der Waals surface area (Å²) in [5.74, 6) is -0.484. The number of anilines is 1. The molecule has 1 aliphatic heterocycles. The molecule has 4 rings (SSSR count). The normalized spacial score (nSPS) is 22.1. The summed E-state index contributed by atoms with van der Waals surface area (Å²) < 4.78 is 0. The molecule has 2 aliphatic rings. The average molecular weight is 385 g/mol. The lowest BCUT2D eigenvalue weighted by Gasteiger charge is -2.22. The van der Waals surface area contributed by atoms with E-state index in [1.165, 1.54) is 11.3 Å². The van der Waals surface area contributed by atoms with Gasteiger partial charge in [-0.3, -0.25) is 19.8 Å². The summed E-state index contributed by atoms with van der Waals surface area (Å²) in [7, 11) is 0. The molecular formula is C18H19N5O3S. The van der Waals surface area contributed by atoms with E-state index in [4.69, 9.17) is 0 Å². The molecule has 8 nitrogen and oxygen atoms in total. The molecule has 27 heavy (non-hydrogen) atoms. The van der Waals surface area contributed by atoms with Crippen LogP contribution in [0.3, 0.4) is 0 Å². The van der Waals surface area contributed by atoms with Crippen LogP contribution in [0.1, 0.15) is 41.8 Å². The summed E-state index contributed by atoms with van der Waals surface area (Å²) in [5, 5.41) is 14.6. The molecule has 1 aromatic carbocycles. The molecule has 4 amide bonds. The van der Waals surface area contributed by atoms with Gasteiger partial charge in [0.05, 0.1) is 0 Å². The second kappa shape index (κ2) is 6.41. The molecular weight excluding hydrogens is 366 g/mol. The minimum atomic E-state index is -1.19. The largest absolute Gasteiger partial charge is 0.325 e. The fraction of sp³-hybridized carbons (Fsp3) is 0.389. The van der Waals surface area contributed by atoms with Crippen molar-refractivity contribution in [3.63, 3.8) is 0 Å². The Kier molecular flexibility index (Phi) is 4.18. The SMILES string of the molecule is Cc1ccc(C2(C)NC(=O)N(CC(=O)Nc3nnc(C4CC4)s3)C2=O)cc1. The van der Waals surface area contributed by atoms with Gasteiger partial charge in [-0.05, 0) is 32.3 Å². The highest BCUT2D eigenvalue weighted by atomic mass is 32.1. The van der Waals surface area contributed by atoms with Gasteiger partial charge in [0.25, 0.3) is 5.91 Å². The summed E-state index contributed by atoms with van der Waals surface area (Å²) in [6, 6.07) is 6.77. The number of imide groups is 1. The van der Waals surface area contributed by atoms with Gasteiger partial charge in [0.1, 0.15) is 17.1 Å². The van der Waals surface area contributed by atoms with Crippen molar-refractivity contribution in [3.05, 3.63) is 40.4 Å². The first kappa shape index (κ1) is 17.6. The number of benzene rings is 1. The number of hydrogen-bond donors (Lipinski definition) is 2. The van der Waals surface area contributed by atoms with E-state index >= 15 is 0 Å². The third-order valence-electron chi connectivity index (χ3n) is 4.82. The van der Waals surface area contributed by atoms with Crippen molar-refractivity contribution >= 4 is 34.3 Å². The van der Waals surface area contributed by atoms with Gasteiger partial charge >= 0.3 is 6.03 Å². The maximum atomic E-state index is 12.8. The lowest BCUT2D eigenvalue weighted by Crippen LogP contribution is -2.42. The molecule has 1 atom stereocenters. The van der Waals surface area contributed by atoms with Crippen LogP contribution in [0.25, 0.3) is 0 Å². The van der Waals surface area contributed by atoms with E-state index in [1.54, 1.807) is 19.1 Å². The van der Waals surface area contributed by atoms with Gasteiger partial charge in [-0.15, -0.1) is 10.2 Å². The minimum absolute atomic E-state index is 0.371. The number of nitrogens with zero attached hydrogens (tertiary/aromatic N) is 3. The number of rotatable bonds is 5. The summed E-state index contributed by atoms with van der Waals surface area (Å²) >= 11 is 1.33. The Morgan fingerprint density at radius 2 is 2.00 bits per heavy atom. The molecule has 0 radical (unpaired) electrons. The van der Waals surface area contributed by atoms with Crippen molar-refractivity contribution in [1.29, 1.82) is 0 Å². The van der Waals surface area contributed by atoms with Crippen LogP contribution in [-0.2, 0) is 15.1 Å². The number of carbonyl (C=O) groups excluding carboxylic acids is 3. The molecule has 2 heterocycles. The number of carbonyl (C=O) groups is 3. The Hall–Kier alpha value is -2.81. The Morgan fingerprint density at radius 1 is 1.30 bits per heavy atom. The fourth-order valence-electron chi connectivity index (χ4n) is 3.01. The number of aromatic nitrogens is 2. The molecule has 2 aromatic rings. The molecule has 1 unspecified atom stereocenters. The first-order chi connectivity index (χ1) is 12.9. The van der Waals surface area contributed by atoms with Crippen LogP contribution in [0.5, 0.6) is 0 Å². The van der Waals surface area contributed by atoms with Crippen LogP contribution >= 0.6 is 11.3 Å². The number of urea groups is 1. The number of aryl methyl sites for hydroxylation is 1. The standard InChI is InChI=1S/C18H19N5O3S/c1-10-3-7-12(8-4-10)18(2)15(25)23(17(26)20-18)9-13(24)19-16-22-21-14(27-16)11-5-6-11/h3-4,7-8,11H,5-6,9H2,1-2H3,(H,20,26)(H,19,22,24). The monoisotopic (exact) mass is 385 g/mol. The van der Waals surface area contributed by atoms with Crippen molar-refractivity contribution in [1.82, 2.24) is 20.4 Å². The molecule has 1 saturated carbocycles. The molecule has 2 fully saturated rings. The minimum Gasteiger partial charge on any atom is -0.319 e. The van der Waals surface area contributed by atoms with Crippen molar-refractivity contribution in [2.45, 2.75) is 38.1 Å². The van der Waals surface area contributed by atoms with E-state index in [2.05, 4.69) is 20.8 Å². The summed E-state index contributed by atoms with van der Waals surface area (Å²) in [5.41, 5.74) is 0.540. The predicted octanol–water partition coefficient (Wildman–Crippen LogP) is 2.13. The average Bonchev–Trinajstić information content (AvgIpc) is 3.34. The van der Waals surface area contributed by atoms with Gasteiger partial charge in [-0.25, -0.2) is 4.79 Å².